The number of likely N-dealkylation sites (N-methyl/N-ethyl adjacent to an activating group) is 1. The summed E-state index contributed by atoms with van der Waals surface area (Å²) in [6.07, 6.45) is 0. The number of rotatable bonds is 3. The van der Waals surface area contributed by atoms with Crippen LogP contribution < -0.4 is 5.32 Å². The standard InChI is InChI=1S/C14H16BrN3OS/c1-8-3-4-9(5-11(8)15)13-17-14(19-18-13)10-6-20-7-12(10)16-2/h3-5,10,12,16H,6-7H2,1-2H3. The zero-order valence-corrected chi connectivity index (χ0v) is 13.8. The Hall–Kier alpha value is -0.850. The summed E-state index contributed by atoms with van der Waals surface area (Å²) in [5.41, 5.74) is 2.17. The smallest absolute Gasteiger partial charge is 0.232 e. The lowest BCUT2D eigenvalue weighted by molar-refractivity contribution is 0.344. The number of hydrogen-bond donors (Lipinski definition) is 1. The van der Waals surface area contributed by atoms with E-state index in [9.17, 15) is 0 Å². The minimum absolute atomic E-state index is 0.306. The van der Waals surface area contributed by atoms with Crippen LogP contribution in [0, 0.1) is 6.92 Å². The summed E-state index contributed by atoms with van der Waals surface area (Å²) in [5.74, 6) is 3.83. The first kappa shape index (κ1) is 14.1. The molecule has 20 heavy (non-hydrogen) atoms. The van der Waals surface area contributed by atoms with Crippen molar-refractivity contribution in [2.24, 2.45) is 0 Å². The molecule has 106 valence electrons. The lowest BCUT2D eigenvalue weighted by Gasteiger charge is -2.13. The average Bonchev–Trinajstić information content (AvgIpc) is 3.09. The van der Waals surface area contributed by atoms with E-state index in [1.54, 1.807) is 0 Å². The van der Waals surface area contributed by atoms with E-state index in [2.05, 4.69) is 44.4 Å². The monoisotopic (exact) mass is 353 g/mol. The summed E-state index contributed by atoms with van der Waals surface area (Å²) in [6, 6.07) is 6.52. The molecule has 0 spiro atoms. The highest BCUT2D eigenvalue weighted by molar-refractivity contribution is 9.10. The van der Waals surface area contributed by atoms with Gasteiger partial charge in [-0.3, -0.25) is 0 Å². The lowest BCUT2D eigenvalue weighted by Crippen LogP contribution is -2.31. The molecule has 1 saturated heterocycles. The number of nitrogens with zero attached hydrogens (tertiary/aromatic N) is 2. The van der Waals surface area contributed by atoms with E-state index in [-0.39, 0.29) is 0 Å². The topological polar surface area (TPSA) is 51.0 Å². The van der Waals surface area contributed by atoms with Gasteiger partial charge in [0.15, 0.2) is 0 Å². The fourth-order valence-electron chi connectivity index (χ4n) is 2.32. The Morgan fingerprint density at radius 3 is 3.00 bits per heavy atom. The maximum Gasteiger partial charge on any atom is 0.232 e. The summed E-state index contributed by atoms with van der Waals surface area (Å²) in [6.45, 7) is 2.06. The molecule has 0 amide bonds. The fraction of sp³-hybridized carbons (Fsp3) is 0.429. The number of benzene rings is 1. The maximum absolute atomic E-state index is 5.48. The number of nitrogens with one attached hydrogen (secondary N) is 1. The number of hydrogen-bond acceptors (Lipinski definition) is 5. The van der Waals surface area contributed by atoms with E-state index in [0.717, 1.165) is 27.4 Å². The van der Waals surface area contributed by atoms with Crippen molar-refractivity contribution >= 4 is 27.7 Å². The Labute approximate surface area is 130 Å². The summed E-state index contributed by atoms with van der Waals surface area (Å²) in [4.78, 5) is 4.58. The molecule has 1 aromatic carbocycles. The first-order valence-corrected chi connectivity index (χ1v) is 8.49. The van der Waals surface area contributed by atoms with Gasteiger partial charge in [-0.25, -0.2) is 0 Å². The van der Waals surface area contributed by atoms with Crippen LogP contribution in [0.1, 0.15) is 17.4 Å². The van der Waals surface area contributed by atoms with Gasteiger partial charge in [-0.2, -0.15) is 16.7 Å². The number of aryl methyl sites for hydroxylation is 1. The maximum atomic E-state index is 5.48. The molecule has 0 radical (unpaired) electrons. The Bertz CT molecular complexity index is 616. The first-order valence-electron chi connectivity index (χ1n) is 6.54. The van der Waals surface area contributed by atoms with Crippen LogP contribution in [0.15, 0.2) is 27.2 Å². The van der Waals surface area contributed by atoms with Gasteiger partial charge in [-0.15, -0.1) is 0 Å². The van der Waals surface area contributed by atoms with Gasteiger partial charge in [-0.05, 0) is 25.6 Å². The molecule has 4 nitrogen and oxygen atoms in total. The third kappa shape index (κ3) is 2.64. The third-order valence-corrected chi connectivity index (χ3v) is 5.68. The van der Waals surface area contributed by atoms with E-state index in [4.69, 9.17) is 4.52 Å². The van der Waals surface area contributed by atoms with E-state index in [0.29, 0.717) is 17.8 Å². The van der Waals surface area contributed by atoms with Gasteiger partial charge in [-0.1, -0.05) is 33.2 Å². The second kappa shape index (κ2) is 5.87. The second-order valence-corrected chi connectivity index (χ2v) is 6.89. The van der Waals surface area contributed by atoms with Crippen molar-refractivity contribution in [3.63, 3.8) is 0 Å². The van der Waals surface area contributed by atoms with Crippen LogP contribution in [0.25, 0.3) is 11.4 Å². The Morgan fingerprint density at radius 1 is 1.40 bits per heavy atom. The van der Waals surface area contributed by atoms with Crippen molar-refractivity contribution < 1.29 is 4.52 Å². The third-order valence-electron chi connectivity index (χ3n) is 3.64. The normalized spacial score (nSPS) is 22.4. The van der Waals surface area contributed by atoms with Gasteiger partial charge in [0.05, 0.1) is 5.92 Å². The number of aromatic nitrogens is 2. The van der Waals surface area contributed by atoms with Crippen molar-refractivity contribution in [3.05, 3.63) is 34.1 Å². The van der Waals surface area contributed by atoms with Crippen LogP contribution in [-0.2, 0) is 0 Å². The molecule has 2 atom stereocenters. The van der Waals surface area contributed by atoms with Gasteiger partial charge < -0.3 is 9.84 Å². The molecule has 3 rings (SSSR count). The molecule has 2 aromatic rings. The molecule has 1 aliphatic heterocycles. The number of halogens is 1. The Morgan fingerprint density at radius 2 is 2.25 bits per heavy atom. The van der Waals surface area contributed by atoms with Crippen LogP contribution in [0.4, 0.5) is 0 Å². The largest absolute Gasteiger partial charge is 0.339 e. The Balaban J connectivity index is 1.88. The summed E-state index contributed by atoms with van der Waals surface area (Å²) in [7, 11) is 1.98. The molecular weight excluding hydrogens is 338 g/mol. The van der Waals surface area contributed by atoms with Gasteiger partial charge in [0.2, 0.25) is 11.7 Å². The molecule has 0 saturated carbocycles. The van der Waals surface area contributed by atoms with Crippen molar-refractivity contribution in [3.8, 4) is 11.4 Å². The number of thioether (sulfide) groups is 1. The van der Waals surface area contributed by atoms with Crippen molar-refractivity contribution in [2.75, 3.05) is 18.6 Å². The van der Waals surface area contributed by atoms with Crippen LogP contribution in [-0.4, -0.2) is 34.7 Å². The highest BCUT2D eigenvalue weighted by Gasteiger charge is 2.32. The summed E-state index contributed by atoms with van der Waals surface area (Å²) < 4.78 is 6.54. The van der Waals surface area contributed by atoms with Crippen molar-refractivity contribution in [2.45, 2.75) is 18.9 Å². The molecule has 1 aliphatic rings. The lowest BCUT2D eigenvalue weighted by atomic mass is 10.0. The van der Waals surface area contributed by atoms with Crippen LogP contribution in [0.2, 0.25) is 0 Å². The average molecular weight is 354 g/mol. The van der Waals surface area contributed by atoms with E-state index in [1.165, 1.54) is 5.56 Å². The second-order valence-electron chi connectivity index (χ2n) is 4.96. The molecule has 1 aromatic heterocycles. The van der Waals surface area contributed by atoms with Gasteiger partial charge in [0, 0.05) is 27.6 Å². The zero-order chi connectivity index (χ0) is 14.1. The molecule has 6 heteroatoms. The predicted octanol–water partition coefficient (Wildman–Crippen LogP) is 3.23. The molecular formula is C14H16BrN3OS. The minimum Gasteiger partial charge on any atom is -0.339 e. The minimum atomic E-state index is 0.306. The predicted molar refractivity (Wildman–Crippen MR) is 85.1 cm³/mol. The highest BCUT2D eigenvalue weighted by Crippen LogP contribution is 2.33. The van der Waals surface area contributed by atoms with Gasteiger partial charge in [0.1, 0.15) is 0 Å². The molecule has 1 N–H and O–H groups in total. The van der Waals surface area contributed by atoms with E-state index < -0.39 is 0 Å². The SMILES string of the molecule is CNC1CSCC1c1nc(-c2ccc(C)c(Br)c2)no1. The van der Waals surface area contributed by atoms with Gasteiger partial charge >= 0.3 is 0 Å². The first-order chi connectivity index (χ1) is 9.69. The molecule has 2 heterocycles. The van der Waals surface area contributed by atoms with E-state index >= 15 is 0 Å². The fourth-order valence-corrected chi connectivity index (χ4v) is 4.11. The van der Waals surface area contributed by atoms with Crippen LogP contribution in [0.3, 0.4) is 0 Å². The zero-order valence-electron chi connectivity index (χ0n) is 11.4. The summed E-state index contributed by atoms with van der Waals surface area (Å²) in [5, 5.41) is 7.45. The van der Waals surface area contributed by atoms with Crippen molar-refractivity contribution in [1.29, 1.82) is 0 Å². The van der Waals surface area contributed by atoms with E-state index in [1.807, 2.05) is 30.9 Å². The molecule has 2 unspecified atom stereocenters. The van der Waals surface area contributed by atoms with Crippen LogP contribution >= 0.6 is 27.7 Å². The highest BCUT2D eigenvalue weighted by atomic mass is 79.9. The quantitative estimate of drug-likeness (QED) is 0.917. The van der Waals surface area contributed by atoms with Crippen LogP contribution in [0.5, 0.6) is 0 Å². The van der Waals surface area contributed by atoms with Crippen molar-refractivity contribution in [1.82, 2.24) is 15.5 Å². The molecule has 0 bridgehead atoms. The molecule has 0 aliphatic carbocycles. The Kier molecular flexibility index (Phi) is 4.14. The molecule has 1 fully saturated rings. The van der Waals surface area contributed by atoms with Gasteiger partial charge in [0.25, 0.3) is 0 Å². The summed E-state index contributed by atoms with van der Waals surface area (Å²) >= 11 is 5.46.